The molecule has 14 heavy (non-hydrogen) atoms. The van der Waals surface area contributed by atoms with Crippen molar-refractivity contribution in [1.29, 1.82) is 0 Å². The summed E-state index contributed by atoms with van der Waals surface area (Å²) in [6.07, 6.45) is 2.11. The number of nitrogens with one attached hydrogen (secondary N) is 1. The Labute approximate surface area is 88.9 Å². The molecule has 2 nitrogen and oxygen atoms in total. The molecule has 2 rings (SSSR count). The van der Waals surface area contributed by atoms with E-state index in [1.54, 1.807) is 12.1 Å². The molecular weight excluding hydrogens is 198 g/mol. The van der Waals surface area contributed by atoms with Gasteiger partial charge in [0.05, 0.1) is 0 Å². The Bertz CT molecular complexity index is 310. The second kappa shape index (κ2) is 4.20. The van der Waals surface area contributed by atoms with Gasteiger partial charge in [-0.05, 0) is 30.5 Å². The minimum Gasteiger partial charge on any atom is -0.508 e. The molecule has 1 aliphatic carbocycles. The zero-order valence-electron chi connectivity index (χ0n) is 7.91. The summed E-state index contributed by atoms with van der Waals surface area (Å²) in [5.74, 6) is 0.327. The van der Waals surface area contributed by atoms with Crippen LogP contribution in [0.4, 0.5) is 0 Å². The Balaban J connectivity index is 1.80. The first-order valence-corrected chi connectivity index (χ1v) is 5.33. The Morgan fingerprint density at radius 1 is 1.43 bits per heavy atom. The summed E-state index contributed by atoms with van der Waals surface area (Å²) in [6, 6.07) is 7.88. The van der Waals surface area contributed by atoms with Gasteiger partial charge in [-0.1, -0.05) is 12.1 Å². The largest absolute Gasteiger partial charge is 0.508 e. The fraction of sp³-hybridized carbons (Fsp3) is 0.455. The highest BCUT2D eigenvalue weighted by atomic mass is 35.5. The molecule has 0 atom stereocenters. The van der Waals surface area contributed by atoms with E-state index in [4.69, 9.17) is 11.6 Å². The number of hydrogen-bond donors (Lipinski definition) is 2. The summed E-state index contributed by atoms with van der Waals surface area (Å²) < 4.78 is 0. The Morgan fingerprint density at radius 3 is 2.86 bits per heavy atom. The number of phenolic OH excluding ortho intramolecular Hbond substituents is 1. The number of alkyl halides is 1. The highest BCUT2D eigenvalue weighted by Gasteiger charge is 2.26. The lowest BCUT2D eigenvalue weighted by Gasteiger charge is -2.31. The van der Waals surface area contributed by atoms with Crippen molar-refractivity contribution >= 4 is 11.6 Å². The number of aromatic hydroxyl groups is 1. The molecule has 0 saturated heterocycles. The second-order valence-corrected chi connectivity index (χ2v) is 4.43. The van der Waals surface area contributed by atoms with Gasteiger partial charge in [0.2, 0.25) is 0 Å². The van der Waals surface area contributed by atoms with Crippen LogP contribution in [-0.4, -0.2) is 16.5 Å². The van der Waals surface area contributed by atoms with Gasteiger partial charge in [-0.3, -0.25) is 0 Å². The molecule has 0 aliphatic heterocycles. The van der Waals surface area contributed by atoms with Crippen molar-refractivity contribution < 1.29 is 5.11 Å². The molecule has 3 heteroatoms. The number of benzene rings is 1. The minimum atomic E-state index is 0.327. The van der Waals surface area contributed by atoms with Crippen LogP contribution in [-0.2, 0) is 6.54 Å². The van der Waals surface area contributed by atoms with Crippen molar-refractivity contribution in [1.82, 2.24) is 5.32 Å². The zero-order chi connectivity index (χ0) is 9.97. The highest BCUT2D eigenvalue weighted by Crippen LogP contribution is 2.25. The van der Waals surface area contributed by atoms with Crippen molar-refractivity contribution in [3.63, 3.8) is 0 Å². The normalized spacial score (nSPS) is 25.8. The molecule has 2 N–H and O–H groups in total. The van der Waals surface area contributed by atoms with Crippen LogP contribution >= 0.6 is 11.6 Å². The fourth-order valence-electron chi connectivity index (χ4n) is 1.64. The van der Waals surface area contributed by atoms with Crippen molar-refractivity contribution in [2.45, 2.75) is 30.8 Å². The van der Waals surface area contributed by atoms with Gasteiger partial charge < -0.3 is 10.4 Å². The van der Waals surface area contributed by atoms with E-state index >= 15 is 0 Å². The molecule has 76 valence electrons. The van der Waals surface area contributed by atoms with Gasteiger partial charge in [0, 0.05) is 18.0 Å². The summed E-state index contributed by atoms with van der Waals surface area (Å²) in [5, 5.41) is 13.0. The van der Waals surface area contributed by atoms with E-state index in [-0.39, 0.29) is 0 Å². The number of rotatable bonds is 3. The average molecular weight is 212 g/mol. The highest BCUT2D eigenvalue weighted by molar-refractivity contribution is 6.21. The molecule has 1 aliphatic rings. The van der Waals surface area contributed by atoms with Gasteiger partial charge in [-0.2, -0.15) is 0 Å². The van der Waals surface area contributed by atoms with E-state index in [1.165, 1.54) is 0 Å². The van der Waals surface area contributed by atoms with E-state index in [0.29, 0.717) is 17.2 Å². The van der Waals surface area contributed by atoms with Crippen molar-refractivity contribution in [3.05, 3.63) is 29.8 Å². The van der Waals surface area contributed by atoms with Gasteiger partial charge in [-0.25, -0.2) is 0 Å². The maximum atomic E-state index is 9.24. The number of hydrogen-bond acceptors (Lipinski definition) is 2. The first-order valence-electron chi connectivity index (χ1n) is 4.89. The predicted molar refractivity (Wildman–Crippen MR) is 57.6 cm³/mol. The standard InChI is InChI=1S/C11H14ClNO/c12-9-5-10(6-9)13-7-8-2-1-3-11(14)4-8/h1-4,9-10,13-14H,5-7H2. The third-order valence-corrected chi connectivity index (χ3v) is 2.94. The van der Waals surface area contributed by atoms with E-state index in [1.807, 2.05) is 12.1 Å². The first-order chi connectivity index (χ1) is 6.74. The summed E-state index contributed by atoms with van der Waals surface area (Å²) >= 11 is 5.87. The van der Waals surface area contributed by atoms with Crippen LogP contribution in [0.1, 0.15) is 18.4 Å². The SMILES string of the molecule is Oc1cccc(CNC2CC(Cl)C2)c1. The van der Waals surface area contributed by atoms with Crippen LogP contribution in [0.25, 0.3) is 0 Å². The van der Waals surface area contributed by atoms with Gasteiger partial charge in [-0.15, -0.1) is 11.6 Å². The van der Waals surface area contributed by atoms with Crippen LogP contribution in [0.3, 0.4) is 0 Å². The average Bonchev–Trinajstić information content (AvgIpc) is 2.11. The molecule has 1 aromatic carbocycles. The molecule has 0 heterocycles. The summed E-state index contributed by atoms with van der Waals surface area (Å²) in [4.78, 5) is 0. The third kappa shape index (κ3) is 2.40. The van der Waals surface area contributed by atoms with E-state index < -0.39 is 0 Å². The molecule has 0 radical (unpaired) electrons. The zero-order valence-corrected chi connectivity index (χ0v) is 8.67. The third-order valence-electron chi connectivity index (χ3n) is 2.59. The molecule has 0 unspecified atom stereocenters. The van der Waals surface area contributed by atoms with Gasteiger partial charge in [0.1, 0.15) is 5.75 Å². The van der Waals surface area contributed by atoms with Crippen LogP contribution in [0, 0.1) is 0 Å². The molecule has 1 fully saturated rings. The molecule has 1 saturated carbocycles. The molecule has 0 bridgehead atoms. The van der Waals surface area contributed by atoms with E-state index in [0.717, 1.165) is 24.9 Å². The number of halogens is 1. The summed E-state index contributed by atoms with van der Waals surface area (Å²) in [6.45, 7) is 0.808. The smallest absolute Gasteiger partial charge is 0.115 e. The predicted octanol–water partition coefficient (Wildman–Crippen LogP) is 2.25. The van der Waals surface area contributed by atoms with Crippen molar-refractivity contribution in [2.75, 3.05) is 0 Å². The monoisotopic (exact) mass is 211 g/mol. The van der Waals surface area contributed by atoms with Gasteiger partial charge in [0.25, 0.3) is 0 Å². The second-order valence-electron chi connectivity index (χ2n) is 3.82. The number of phenols is 1. The maximum absolute atomic E-state index is 9.24. The lowest BCUT2D eigenvalue weighted by atomic mass is 9.92. The first kappa shape index (κ1) is 9.81. The Kier molecular flexibility index (Phi) is 2.94. The van der Waals surface area contributed by atoms with Gasteiger partial charge in [0.15, 0.2) is 0 Å². The summed E-state index contributed by atoms with van der Waals surface area (Å²) in [7, 11) is 0. The molecule has 0 amide bonds. The quantitative estimate of drug-likeness (QED) is 0.752. The van der Waals surface area contributed by atoms with Crippen LogP contribution in [0.5, 0.6) is 5.75 Å². The lowest BCUT2D eigenvalue weighted by molar-refractivity contribution is 0.345. The minimum absolute atomic E-state index is 0.327. The molecule has 0 spiro atoms. The van der Waals surface area contributed by atoms with Crippen molar-refractivity contribution in [3.8, 4) is 5.75 Å². The van der Waals surface area contributed by atoms with Crippen molar-refractivity contribution in [2.24, 2.45) is 0 Å². The molecular formula is C11H14ClNO. The fourth-order valence-corrected chi connectivity index (χ4v) is 2.07. The topological polar surface area (TPSA) is 32.3 Å². The van der Waals surface area contributed by atoms with E-state index in [2.05, 4.69) is 5.32 Å². The molecule has 0 aromatic heterocycles. The van der Waals surface area contributed by atoms with E-state index in [9.17, 15) is 5.11 Å². The Morgan fingerprint density at radius 2 is 2.21 bits per heavy atom. The van der Waals surface area contributed by atoms with Crippen LogP contribution in [0.2, 0.25) is 0 Å². The lowest BCUT2D eigenvalue weighted by Crippen LogP contribution is -2.41. The van der Waals surface area contributed by atoms with Crippen LogP contribution < -0.4 is 5.32 Å². The summed E-state index contributed by atoms with van der Waals surface area (Å²) in [5.41, 5.74) is 1.11. The maximum Gasteiger partial charge on any atom is 0.115 e. The van der Waals surface area contributed by atoms with Gasteiger partial charge >= 0.3 is 0 Å². The Hall–Kier alpha value is -0.730. The molecule has 1 aromatic rings. The van der Waals surface area contributed by atoms with Crippen LogP contribution in [0.15, 0.2) is 24.3 Å².